The first-order valence-corrected chi connectivity index (χ1v) is 7.32. The second kappa shape index (κ2) is 4.69. The summed E-state index contributed by atoms with van der Waals surface area (Å²) in [4.78, 5) is 13.4. The first-order valence-electron chi connectivity index (χ1n) is 7.32. The number of piperidine rings is 1. The van der Waals surface area contributed by atoms with E-state index in [1.165, 1.54) is 30.8 Å². The van der Waals surface area contributed by atoms with Crippen molar-refractivity contribution in [2.75, 3.05) is 29.9 Å². The van der Waals surface area contributed by atoms with Crippen LogP contribution in [0.2, 0.25) is 0 Å². The summed E-state index contributed by atoms with van der Waals surface area (Å²) in [7, 11) is 2.11. The summed E-state index contributed by atoms with van der Waals surface area (Å²) in [5, 5.41) is 0. The summed E-state index contributed by atoms with van der Waals surface area (Å²) in [6.45, 7) is 2.18. The van der Waals surface area contributed by atoms with Gasteiger partial charge in [-0.3, -0.25) is 4.98 Å². The molecule has 1 fully saturated rings. The van der Waals surface area contributed by atoms with Gasteiger partial charge in [0.1, 0.15) is 5.82 Å². The van der Waals surface area contributed by atoms with Gasteiger partial charge in [-0.2, -0.15) is 0 Å². The standard InChI is InChI=1S/C16H17FN4/c1-20-13-4-6-21(7-5-13)15-3-2-14(19-16(15)20)11-8-12(17)10-18-9-11/h2-3,8-10,13H,4-7H2,1H3. The maximum Gasteiger partial charge on any atom is 0.152 e. The van der Waals surface area contributed by atoms with Crippen LogP contribution in [0.15, 0.2) is 30.6 Å². The Morgan fingerprint density at radius 2 is 2.00 bits per heavy atom. The Morgan fingerprint density at radius 3 is 2.76 bits per heavy atom. The van der Waals surface area contributed by atoms with Crippen LogP contribution in [-0.2, 0) is 0 Å². The third kappa shape index (κ3) is 2.04. The summed E-state index contributed by atoms with van der Waals surface area (Å²) in [6, 6.07) is 6.10. The molecule has 0 atom stereocenters. The molecule has 5 rings (SSSR count). The van der Waals surface area contributed by atoms with Crippen molar-refractivity contribution in [3.05, 3.63) is 36.4 Å². The van der Waals surface area contributed by atoms with E-state index in [2.05, 4.69) is 27.9 Å². The predicted octanol–water partition coefficient (Wildman–Crippen LogP) is 2.70. The number of halogens is 1. The van der Waals surface area contributed by atoms with Crippen LogP contribution in [0.3, 0.4) is 0 Å². The first kappa shape index (κ1) is 12.6. The van der Waals surface area contributed by atoms with Crippen molar-refractivity contribution in [2.24, 2.45) is 0 Å². The molecule has 0 unspecified atom stereocenters. The molecule has 5 heterocycles. The molecule has 0 radical (unpaired) electrons. The normalized spacial score (nSPS) is 17.8. The van der Waals surface area contributed by atoms with Crippen molar-refractivity contribution in [3.63, 3.8) is 0 Å². The van der Waals surface area contributed by atoms with Gasteiger partial charge in [-0.1, -0.05) is 0 Å². The predicted molar refractivity (Wildman–Crippen MR) is 81.1 cm³/mol. The largest absolute Gasteiger partial charge is 0.368 e. The molecule has 0 aromatic carbocycles. The van der Waals surface area contributed by atoms with Gasteiger partial charge in [0.2, 0.25) is 0 Å². The van der Waals surface area contributed by atoms with Crippen LogP contribution >= 0.6 is 0 Å². The van der Waals surface area contributed by atoms with Gasteiger partial charge in [-0.05, 0) is 31.0 Å². The number of hydrogen-bond donors (Lipinski definition) is 0. The average molecular weight is 284 g/mol. The van der Waals surface area contributed by atoms with Crippen molar-refractivity contribution >= 4 is 11.5 Å². The number of anilines is 2. The Hall–Kier alpha value is -2.17. The van der Waals surface area contributed by atoms with Crippen molar-refractivity contribution in [1.29, 1.82) is 0 Å². The molecule has 2 aromatic heterocycles. The fourth-order valence-electron chi connectivity index (χ4n) is 3.33. The van der Waals surface area contributed by atoms with Crippen LogP contribution in [0.4, 0.5) is 15.9 Å². The SMILES string of the molecule is CN1c2nc(-c3cncc(F)c3)ccc2N2CCC1CC2. The molecule has 2 bridgehead atoms. The maximum absolute atomic E-state index is 13.4. The molecule has 5 heteroatoms. The summed E-state index contributed by atoms with van der Waals surface area (Å²) >= 11 is 0. The molecule has 0 saturated carbocycles. The molecule has 0 aliphatic carbocycles. The average Bonchev–Trinajstić information content (AvgIpc) is 2.74. The van der Waals surface area contributed by atoms with Gasteiger partial charge in [0.25, 0.3) is 0 Å². The Bertz CT molecular complexity index is 680. The molecule has 3 aliphatic rings. The summed E-state index contributed by atoms with van der Waals surface area (Å²) < 4.78 is 13.4. The molecular weight excluding hydrogens is 267 g/mol. The van der Waals surface area contributed by atoms with E-state index < -0.39 is 0 Å². The zero-order valence-electron chi connectivity index (χ0n) is 12.0. The zero-order chi connectivity index (χ0) is 14.4. The Morgan fingerprint density at radius 1 is 1.19 bits per heavy atom. The minimum Gasteiger partial charge on any atom is -0.368 e. The number of nitrogens with zero attached hydrogens (tertiary/aromatic N) is 4. The van der Waals surface area contributed by atoms with E-state index in [0.717, 1.165) is 30.2 Å². The minimum absolute atomic E-state index is 0.332. The smallest absolute Gasteiger partial charge is 0.152 e. The zero-order valence-corrected chi connectivity index (χ0v) is 12.0. The third-order valence-corrected chi connectivity index (χ3v) is 4.54. The molecule has 0 N–H and O–H groups in total. The summed E-state index contributed by atoms with van der Waals surface area (Å²) in [5.74, 6) is 0.665. The number of fused-ring (bicyclic) bond motifs is 2. The molecule has 0 spiro atoms. The van der Waals surface area contributed by atoms with Crippen LogP contribution in [0, 0.1) is 5.82 Å². The number of pyridine rings is 2. The van der Waals surface area contributed by atoms with E-state index in [1.54, 1.807) is 6.20 Å². The van der Waals surface area contributed by atoms with Crippen molar-refractivity contribution in [1.82, 2.24) is 9.97 Å². The lowest BCUT2D eigenvalue weighted by Crippen LogP contribution is -2.39. The molecule has 21 heavy (non-hydrogen) atoms. The number of hydrogen-bond acceptors (Lipinski definition) is 4. The number of aromatic nitrogens is 2. The van der Waals surface area contributed by atoms with Crippen LogP contribution in [0.25, 0.3) is 11.3 Å². The van der Waals surface area contributed by atoms with Gasteiger partial charge in [0.15, 0.2) is 5.82 Å². The van der Waals surface area contributed by atoms with Crippen LogP contribution in [0.5, 0.6) is 0 Å². The quantitative estimate of drug-likeness (QED) is 0.806. The second-order valence-corrected chi connectivity index (χ2v) is 5.76. The Labute approximate surface area is 123 Å². The first-order chi connectivity index (χ1) is 10.2. The second-order valence-electron chi connectivity index (χ2n) is 5.76. The van der Waals surface area contributed by atoms with E-state index in [0.29, 0.717) is 6.04 Å². The monoisotopic (exact) mass is 284 g/mol. The molecule has 3 aliphatic heterocycles. The number of rotatable bonds is 1. The molecular formula is C16H17FN4. The molecule has 4 nitrogen and oxygen atoms in total. The maximum atomic E-state index is 13.4. The van der Waals surface area contributed by atoms with Crippen molar-refractivity contribution in [2.45, 2.75) is 18.9 Å². The molecule has 108 valence electrons. The Balaban J connectivity index is 1.82. The van der Waals surface area contributed by atoms with Gasteiger partial charge < -0.3 is 9.80 Å². The fourth-order valence-corrected chi connectivity index (χ4v) is 3.33. The van der Waals surface area contributed by atoms with Crippen molar-refractivity contribution in [3.8, 4) is 11.3 Å². The summed E-state index contributed by atoms with van der Waals surface area (Å²) in [5.41, 5.74) is 2.68. The van der Waals surface area contributed by atoms with Gasteiger partial charge >= 0.3 is 0 Å². The molecule has 2 aromatic rings. The third-order valence-electron chi connectivity index (χ3n) is 4.54. The van der Waals surface area contributed by atoms with E-state index in [-0.39, 0.29) is 5.82 Å². The van der Waals surface area contributed by atoms with E-state index in [1.807, 2.05) is 6.07 Å². The van der Waals surface area contributed by atoms with Crippen molar-refractivity contribution < 1.29 is 4.39 Å². The fraction of sp³-hybridized carbons (Fsp3) is 0.375. The van der Waals surface area contributed by atoms with Crippen LogP contribution < -0.4 is 9.80 Å². The van der Waals surface area contributed by atoms with E-state index in [4.69, 9.17) is 4.98 Å². The lowest BCUT2D eigenvalue weighted by molar-refractivity contribution is 0.498. The highest BCUT2D eigenvalue weighted by Gasteiger charge is 2.31. The highest BCUT2D eigenvalue weighted by atomic mass is 19.1. The molecule has 1 saturated heterocycles. The lowest BCUT2D eigenvalue weighted by atomic mass is 10.1. The minimum atomic E-state index is -0.332. The lowest BCUT2D eigenvalue weighted by Gasteiger charge is -2.30. The van der Waals surface area contributed by atoms with Gasteiger partial charge in [0, 0.05) is 37.9 Å². The van der Waals surface area contributed by atoms with E-state index in [9.17, 15) is 4.39 Å². The van der Waals surface area contributed by atoms with Gasteiger partial charge in [-0.15, -0.1) is 0 Å². The van der Waals surface area contributed by atoms with Gasteiger partial charge in [0.05, 0.1) is 17.6 Å². The summed E-state index contributed by atoms with van der Waals surface area (Å²) in [6.07, 6.45) is 5.21. The Kier molecular flexibility index (Phi) is 2.80. The van der Waals surface area contributed by atoms with Crippen LogP contribution in [0.1, 0.15) is 12.8 Å². The topological polar surface area (TPSA) is 32.3 Å². The highest BCUT2D eigenvalue weighted by Crippen LogP contribution is 2.37. The van der Waals surface area contributed by atoms with Gasteiger partial charge in [-0.25, -0.2) is 9.37 Å². The highest BCUT2D eigenvalue weighted by molar-refractivity contribution is 5.74. The molecule has 0 amide bonds. The van der Waals surface area contributed by atoms with Crippen LogP contribution in [-0.4, -0.2) is 36.1 Å². The van der Waals surface area contributed by atoms with E-state index >= 15 is 0 Å².